The van der Waals surface area contributed by atoms with E-state index >= 15 is 0 Å². The maximum atomic E-state index is 10.5. The van der Waals surface area contributed by atoms with Crippen LogP contribution in [-0.2, 0) is 17.6 Å². The van der Waals surface area contributed by atoms with Crippen molar-refractivity contribution >= 4 is 0 Å². The molecule has 6 heteroatoms. The Bertz CT molecular complexity index is 728. The zero-order chi connectivity index (χ0) is 19.1. The molecule has 0 saturated carbocycles. The van der Waals surface area contributed by atoms with E-state index in [1.54, 1.807) is 25.3 Å². The van der Waals surface area contributed by atoms with Gasteiger partial charge in [0.05, 0.1) is 26.9 Å². The van der Waals surface area contributed by atoms with Crippen LogP contribution < -0.4 is 4.74 Å². The SMILES string of the molecule is CCc1c(O)cc(O)c(-c2[c]ccc(OC)c2)c1CCOCC(O)CO. The molecule has 2 aromatic rings. The fourth-order valence-corrected chi connectivity index (χ4v) is 2.88. The Morgan fingerprint density at radius 2 is 1.92 bits per heavy atom. The van der Waals surface area contributed by atoms with E-state index in [-0.39, 0.29) is 31.3 Å². The van der Waals surface area contributed by atoms with Crippen LogP contribution >= 0.6 is 0 Å². The molecule has 0 aliphatic rings. The van der Waals surface area contributed by atoms with E-state index < -0.39 is 6.10 Å². The second-order valence-corrected chi connectivity index (χ2v) is 5.90. The van der Waals surface area contributed by atoms with Gasteiger partial charge in [-0.3, -0.25) is 0 Å². The van der Waals surface area contributed by atoms with Crippen molar-refractivity contribution in [2.24, 2.45) is 0 Å². The van der Waals surface area contributed by atoms with Crippen molar-refractivity contribution < 1.29 is 29.9 Å². The summed E-state index contributed by atoms with van der Waals surface area (Å²) >= 11 is 0. The van der Waals surface area contributed by atoms with E-state index in [1.165, 1.54) is 6.07 Å². The van der Waals surface area contributed by atoms with Crippen LogP contribution in [0.4, 0.5) is 0 Å². The molecule has 0 amide bonds. The molecule has 141 valence electrons. The quantitative estimate of drug-likeness (QED) is 0.510. The molecule has 0 aromatic heterocycles. The van der Waals surface area contributed by atoms with Crippen LogP contribution in [0.15, 0.2) is 24.3 Å². The van der Waals surface area contributed by atoms with Gasteiger partial charge in [-0.05, 0) is 47.7 Å². The molecule has 0 fully saturated rings. The number of phenols is 2. The van der Waals surface area contributed by atoms with Crippen molar-refractivity contribution in [2.45, 2.75) is 25.9 Å². The highest BCUT2D eigenvalue weighted by atomic mass is 16.5. The fraction of sp³-hybridized carbons (Fsp3) is 0.400. The number of aromatic hydroxyl groups is 2. The highest BCUT2D eigenvalue weighted by molar-refractivity contribution is 5.77. The zero-order valence-corrected chi connectivity index (χ0v) is 15.0. The van der Waals surface area contributed by atoms with Gasteiger partial charge in [-0.1, -0.05) is 13.0 Å². The first-order valence-electron chi connectivity index (χ1n) is 8.51. The minimum Gasteiger partial charge on any atom is -0.508 e. The summed E-state index contributed by atoms with van der Waals surface area (Å²) in [5.41, 5.74) is 2.71. The van der Waals surface area contributed by atoms with Crippen LogP contribution in [0.2, 0.25) is 0 Å². The molecule has 0 spiro atoms. The molecule has 1 radical (unpaired) electrons. The van der Waals surface area contributed by atoms with E-state index in [0.717, 1.165) is 11.1 Å². The standard InChI is InChI=1S/C20H25O6/c1-3-16-17(7-8-26-12-14(22)11-21)20(19(24)10-18(16)23)13-5-4-6-15(9-13)25-2/h4,6,9-10,14,21-24H,3,7-8,11-12H2,1-2H3. The van der Waals surface area contributed by atoms with Crippen molar-refractivity contribution in [1.82, 2.24) is 0 Å². The summed E-state index contributed by atoms with van der Waals surface area (Å²) < 4.78 is 10.6. The number of rotatable bonds is 9. The minimum absolute atomic E-state index is 0.0172. The predicted molar refractivity (Wildman–Crippen MR) is 97.6 cm³/mol. The predicted octanol–water partition coefficient (Wildman–Crippen LogP) is 2.05. The van der Waals surface area contributed by atoms with E-state index in [1.807, 2.05) is 6.92 Å². The largest absolute Gasteiger partial charge is 0.508 e. The van der Waals surface area contributed by atoms with Gasteiger partial charge in [0, 0.05) is 11.6 Å². The zero-order valence-electron chi connectivity index (χ0n) is 15.0. The van der Waals surface area contributed by atoms with Crippen molar-refractivity contribution in [1.29, 1.82) is 0 Å². The number of hydrogen-bond acceptors (Lipinski definition) is 6. The van der Waals surface area contributed by atoms with Crippen molar-refractivity contribution in [3.63, 3.8) is 0 Å². The minimum atomic E-state index is -0.926. The Hall–Kier alpha value is -2.28. The molecule has 4 N–H and O–H groups in total. The maximum absolute atomic E-state index is 10.5. The fourth-order valence-electron chi connectivity index (χ4n) is 2.88. The average molecular weight is 361 g/mol. The van der Waals surface area contributed by atoms with Crippen LogP contribution in [-0.4, -0.2) is 53.5 Å². The lowest BCUT2D eigenvalue weighted by atomic mass is 9.90. The van der Waals surface area contributed by atoms with Gasteiger partial charge in [-0.25, -0.2) is 0 Å². The maximum Gasteiger partial charge on any atom is 0.127 e. The third-order valence-electron chi connectivity index (χ3n) is 4.15. The summed E-state index contributed by atoms with van der Waals surface area (Å²) in [6.07, 6.45) is 0.0749. The average Bonchev–Trinajstić information content (AvgIpc) is 2.64. The molecular formula is C20H25O6. The van der Waals surface area contributed by atoms with Crippen molar-refractivity contribution in [3.8, 4) is 28.4 Å². The van der Waals surface area contributed by atoms with Gasteiger partial charge < -0.3 is 29.9 Å². The van der Waals surface area contributed by atoms with E-state index in [4.69, 9.17) is 14.6 Å². The molecule has 0 aliphatic carbocycles. The van der Waals surface area contributed by atoms with Gasteiger partial charge in [0.2, 0.25) is 0 Å². The van der Waals surface area contributed by atoms with Crippen LogP contribution in [0.25, 0.3) is 11.1 Å². The molecule has 0 aliphatic heterocycles. The number of aliphatic hydroxyl groups is 2. The summed E-state index contributed by atoms with van der Waals surface area (Å²) in [7, 11) is 1.56. The Morgan fingerprint density at radius 3 is 2.58 bits per heavy atom. The smallest absolute Gasteiger partial charge is 0.127 e. The summed E-state index contributed by atoms with van der Waals surface area (Å²) in [5, 5.41) is 38.9. The highest BCUT2D eigenvalue weighted by Gasteiger charge is 2.19. The molecule has 0 saturated heterocycles. The summed E-state index contributed by atoms with van der Waals surface area (Å²) in [5.74, 6) is 0.620. The summed E-state index contributed by atoms with van der Waals surface area (Å²) in [6, 6.07) is 9.67. The lowest BCUT2D eigenvalue weighted by molar-refractivity contribution is 0.00720. The van der Waals surface area contributed by atoms with Gasteiger partial charge in [-0.2, -0.15) is 0 Å². The van der Waals surface area contributed by atoms with Crippen molar-refractivity contribution in [2.75, 3.05) is 26.9 Å². The molecule has 2 rings (SSSR count). The van der Waals surface area contributed by atoms with Crippen LogP contribution in [0.3, 0.4) is 0 Å². The molecule has 1 atom stereocenters. The molecular weight excluding hydrogens is 336 g/mol. The Labute approximate surface area is 153 Å². The lowest BCUT2D eigenvalue weighted by Crippen LogP contribution is -2.20. The summed E-state index contributed by atoms with van der Waals surface area (Å²) in [6.45, 7) is 1.84. The Morgan fingerprint density at radius 1 is 1.15 bits per heavy atom. The van der Waals surface area contributed by atoms with Gasteiger partial charge in [0.15, 0.2) is 0 Å². The van der Waals surface area contributed by atoms with Gasteiger partial charge in [-0.15, -0.1) is 0 Å². The third-order valence-corrected chi connectivity index (χ3v) is 4.15. The Kier molecular flexibility index (Phi) is 7.26. The Balaban J connectivity index is 2.39. The highest BCUT2D eigenvalue weighted by Crippen LogP contribution is 2.40. The van der Waals surface area contributed by atoms with Gasteiger partial charge >= 0.3 is 0 Å². The first-order chi connectivity index (χ1) is 12.5. The van der Waals surface area contributed by atoms with E-state index in [0.29, 0.717) is 29.7 Å². The van der Waals surface area contributed by atoms with E-state index in [2.05, 4.69) is 6.07 Å². The number of hydrogen-bond donors (Lipinski definition) is 4. The third kappa shape index (κ3) is 4.66. The second-order valence-electron chi connectivity index (χ2n) is 5.90. The number of aliphatic hydroxyl groups excluding tert-OH is 2. The molecule has 2 aromatic carbocycles. The molecule has 1 unspecified atom stereocenters. The normalized spacial score (nSPS) is 12.2. The van der Waals surface area contributed by atoms with Crippen LogP contribution in [0.1, 0.15) is 18.1 Å². The number of phenolic OH excluding ortho intramolecular Hbond substituents is 2. The lowest BCUT2D eigenvalue weighted by Gasteiger charge is -2.18. The monoisotopic (exact) mass is 361 g/mol. The number of methoxy groups -OCH3 is 1. The second kappa shape index (κ2) is 9.43. The number of benzene rings is 2. The van der Waals surface area contributed by atoms with Crippen LogP contribution in [0, 0.1) is 6.07 Å². The van der Waals surface area contributed by atoms with Crippen molar-refractivity contribution in [3.05, 3.63) is 41.5 Å². The summed E-state index contributed by atoms with van der Waals surface area (Å²) in [4.78, 5) is 0. The topological polar surface area (TPSA) is 99.4 Å². The van der Waals surface area contributed by atoms with E-state index in [9.17, 15) is 15.3 Å². The number of ether oxygens (including phenoxy) is 2. The molecule has 6 nitrogen and oxygen atoms in total. The molecule has 0 heterocycles. The van der Waals surface area contributed by atoms with Crippen LogP contribution in [0.5, 0.6) is 17.2 Å². The van der Waals surface area contributed by atoms with Gasteiger partial charge in [0.25, 0.3) is 0 Å². The molecule has 26 heavy (non-hydrogen) atoms. The first kappa shape index (κ1) is 20.0. The molecule has 0 bridgehead atoms. The first-order valence-corrected chi connectivity index (χ1v) is 8.51. The van der Waals surface area contributed by atoms with Gasteiger partial charge in [0.1, 0.15) is 23.4 Å².